The van der Waals surface area contributed by atoms with Crippen molar-refractivity contribution in [2.75, 3.05) is 65.6 Å². The third kappa shape index (κ3) is 5.78. The molecule has 0 unspecified atom stereocenters. The van der Waals surface area contributed by atoms with E-state index >= 15 is 0 Å². The first-order chi connectivity index (χ1) is 14.2. The third-order valence-corrected chi connectivity index (χ3v) is 7.54. The van der Waals surface area contributed by atoms with Crippen LogP contribution in [0.15, 0.2) is 18.2 Å². The molecule has 29 heavy (non-hydrogen) atoms. The quantitative estimate of drug-likeness (QED) is 0.725. The molecule has 5 heteroatoms. The lowest BCUT2D eigenvalue weighted by atomic mass is 9.78. The number of hydrogen-bond donors (Lipinski definition) is 0. The first-order valence-electron chi connectivity index (χ1n) is 11.7. The molecule has 0 amide bonds. The van der Waals surface area contributed by atoms with Crippen molar-refractivity contribution in [3.05, 3.63) is 35.1 Å². The Labute approximate surface area is 176 Å². The molecule has 0 bridgehead atoms. The Morgan fingerprint density at radius 3 is 2.00 bits per heavy atom. The Bertz CT molecular complexity index is 633. The van der Waals surface area contributed by atoms with Crippen LogP contribution in [-0.4, -0.2) is 80.3 Å². The van der Waals surface area contributed by atoms with Crippen LogP contribution >= 0.6 is 0 Å². The minimum atomic E-state index is -0.0715. The molecule has 1 aromatic carbocycles. The van der Waals surface area contributed by atoms with Crippen molar-refractivity contribution in [3.63, 3.8) is 0 Å². The van der Waals surface area contributed by atoms with E-state index in [9.17, 15) is 4.39 Å². The van der Waals surface area contributed by atoms with E-state index in [0.717, 1.165) is 68.9 Å². The van der Waals surface area contributed by atoms with E-state index in [1.165, 1.54) is 51.9 Å². The van der Waals surface area contributed by atoms with Gasteiger partial charge in [-0.1, -0.05) is 12.1 Å². The molecule has 3 aliphatic heterocycles. The van der Waals surface area contributed by atoms with Gasteiger partial charge in [0.05, 0.1) is 13.2 Å². The summed E-state index contributed by atoms with van der Waals surface area (Å²) in [5.41, 5.74) is 1.97. The van der Waals surface area contributed by atoms with E-state index in [2.05, 4.69) is 20.8 Å². The lowest BCUT2D eigenvalue weighted by molar-refractivity contribution is 0.0293. The number of benzene rings is 1. The molecule has 0 aliphatic carbocycles. The summed E-state index contributed by atoms with van der Waals surface area (Å²) in [5.74, 6) is 1.73. The Hall–Kier alpha value is -1.01. The second-order valence-corrected chi connectivity index (χ2v) is 9.27. The van der Waals surface area contributed by atoms with Crippen LogP contribution in [0.4, 0.5) is 4.39 Å². The highest BCUT2D eigenvalue weighted by molar-refractivity contribution is 5.27. The van der Waals surface area contributed by atoms with Crippen LogP contribution in [0.5, 0.6) is 0 Å². The van der Waals surface area contributed by atoms with Crippen LogP contribution in [0.3, 0.4) is 0 Å². The van der Waals surface area contributed by atoms with Crippen molar-refractivity contribution in [1.82, 2.24) is 14.7 Å². The van der Waals surface area contributed by atoms with Crippen LogP contribution < -0.4 is 0 Å². The second-order valence-electron chi connectivity index (χ2n) is 9.27. The van der Waals surface area contributed by atoms with Gasteiger partial charge in [0, 0.05) is 32.7 Å². The number of morpholine rings is 1. The van der Waals surface area contributed by atoms with E-state index in [1.54, 1.807) is 6.07 Å². The van der Waals surface area contributed by atoms with Crippen LogP contribution in [0.25, 0.3) is 0 Å². The molecule has 3 saturated heterocycles. The van der Waals surface area contributed by atoms with Gasteiger partial charge in [-0.25, -0.2) is 4.39 Å². The maximum Gasteiger partial charge on any atom is 0.126 e. The van der Waals surface area contributed by atoms with Gasteiger partial charge < -0.3 is 9.64 Å². The van der Waals surface area contributed by atoms with E-state index < -0.39 is 0 Å². The van der Waals surface area contributed by atoms with Crippen molar-refractivity contribution in [2.24, 2.45) is 11.8 Å². The summed E-state index contributed by atoms with van der Waals surface area (Å²) in [6, 6.07) is 5.49. The van der Waals surface area contributed by atoms with Crippen LogP contribution in [0.2, 0.25) is 0 Å². The predicted octanol–water partition coefficient (Wildman–Crippen LogP) is 3.39. The summed E-state index contributed by atoms with van der Waals surface area (Å²) in [6.07, 6.45) is 5.37. The SMILES string of the molecule is Cc1c(F)cccc1CN1CCC(C2CCN(CCN3CCOCC3)CC2)CC1. The number of hydrogen-bond acceptors (Lipinski definition) is 4. The first-order valence-corrected chi connectivity index (χ1v) is 11.7. The van der Waals surface area contributed by atoms with Crippen molar-refractivity contribution in [3.8, 4) is 0 Å². The number of ether oxygens (including phenoxy) is 1. The van der Waals surface area contributed by atoms with Gasteiger partial charge in [0.15, 0.2) is 0 Å². The zero-order valence-electron chi connectivity index (χ0n) is 18.1. The molecule has 3 fully saturated rings. The predicted molar refractivity (Wildman–Crippen MR) is 116 cm³/mol. The first kappa shape index (κ1) is 21.2. The number of likely N-dealkylation sites (tertiary alicyclic amines) is 2. The zero-order valence-corrected chi connectivity index (χ0v) is 18.1. The van der Waals surface area contributed by atoms with Gasteiger partial charge in [-0.2, -0.15) is 0 Å². The molecule has 1 aromatic rings. The number of halogens is 1. The summed E-state index contributed by atoms with van der Waals surface area (Å²) < 4.78 is 19.2. The Morgan fingerprint density at radius 1 is 0.828 bits per heavy atom. The molecule has 4 rings (SSSR count). The van der Waals surface area contributed by atoms with Crippen LogP contribution in [0.1, 0.15) is 36.8 Å². The average molecular weight is 404 g/mol. The van der Waals surface area contributed by atoms with Crippen LogP contribution in [0, 0.1) is 24.6 Å². The van der Waals surface area contributed by atoms with Gasteiger partial charge in [-0.3, -0.25) is 9.80 Å². The summed E-state index contributed by atoms with van der Waals surface area (Å²) in [7, 11) is 0. The molecule has 3 aliphatic rings. The molecule has 0 aromatic heterocycles. The fourth-order valence-electron chi connectivity index (χ4n) is 5.40. The third-order valence-electron chi connectivity index (χ3n) is 7.54. The topological polar surface area (TPSA) is 19.0 Å². The Kier molecular flexibility index (Phi) is 7.57. The maximum absolute atomic E-state index is 13.8. The second kappa shape index (κ2) is 10.3. The van der Waals surface area contributed by atoms with Gasteiger partial charge in [0.2, 0.25) is 0 Å². The van der Waals surface area contributed by atoms with Gasteiger partial charge in [-0.05, 0) is 87.8 Å². The van der Waals surface area contributed by atoms with Gasteiger partial charge >= 0.3 is 0 Å². The lowest BCUT2D eigenvalue weighted by Gasteiger charge is -2.40. The van der Waals surface area contributed by atoms with Gasteiger partial charge in [-0.15, -0.1) is 0 Å². The van der Waals surface area contributed by atoms with Crippen molar-refractivity contribution < 1.29 is 9.13 Å². The lowest BCUT2D eigenvalue weighted by Crippen LogP contribution is -2.44. The molecule has 0 radical (unpaired) electrons. The van der Waals surface area contributed by atoms with Crippen molar-refractivity contribution in [2.45, 2.75) is 39.2 Å². The summed E-state index contributed by atoms with van der Waals surface area (Å²) in [4.78, 5) is 7.75. The molecule has 0 saturated carbocycles. The van der Waals surface area contributed by atoms with Gasteiger partial charge in [0.1, 0.15) is 5.82 Å². The summed E-state index contributed by atoms with van der Waals surface area (Å²) in [6.45, 7) is 14.1. The Balaban J connectivity index is 1.16. The minimum Gasteiger partial charge on any atom is -0.379 e. The molecule has 162 valence electrons. The van der Waals surface area contributed by atoms with E-state index in [1.807, 2.05) is 13.0 Å². The highest BCUT2D eigenvalue weighted by atomic mass is 19.1. The van der Waals surface area contributed by atoms with Crippen molar-refractivity contribution in [1.29, 1.82) is 0 Å². The minimum absolute atomic E-state index is 0.0715. The number of rotatable bonds is 6. The average Bonchev–Trinajstić information content (AvgIpc) is 2.77. The largest absolute Gasteiger partial charge is 0.379 e. The normalized spacial score (nSPS) is 24.2. The molecule has 0 atom stereocenters. The Morgan fingerprint density at radius 2 is 1.38 bits per heavy atom. The van der Waals surface area contributed by atoms with E-state index in [4.69, 9.17) is 4.74 Å². The van der Waals surface area contributed by atoms with Crippen LogP contribution in [-0.2, 0) is 11.3 Å². The molecule has 4 nitrogen and oxygen atoms in total. The fraction of sp³-hybridized carbons (Fsp3) is 0.750. The highest BCUT2D eigenvalue weighted by Crippen LogP contribution is 2.33. The molecule has 0 N–H and O–H groups in total. The smallest absolute Gasteiger partial charge is 0.126 e. The molecule has 0 spiro atoms. The number of nitrogens with zero attached hydrogens (tertiary/aromatic N) is 3. The van der Waals surface area contributed by atoms with Gasteiger partial charge in [0.25, 0.3) is 0 Å². The monoisotopic (exact) mass is 403 g/mol. The van der Waals surface area contributed by atoms with E-state index in [-0.39, 0.29) is 5.82 Å². The fourth-order valence-corrected chi connectivity index (χ4v) is 5.40. The molecule has 3 heterocycles. The molecular weight excluding hydrogens is 365 g/mol. The highest BCUT2D eigenvalue weighted by Gasteiger charge is 2.29. The summed E-state index contributed by atoms with van der Waals surface area (Å²) in [5, 5.41) is 0. The molecular formula is C24H38FN3O. The maximum atomic E-state index is 13.8. The summed E-state index contributed by atoms with van der Waals surface area (Å²) >= 11 is 0. The standard InChI is InChI=1S/C24H38FN3O/c1-20-23(3-2-4-24(20)25)19-28-11-7-22(8-12-28)21-5-9-26(10-6-21)13-14-27-15-17-29-18-16-27/h2-4,21-22H,5-19H2,1H3. The zero-order chi connectivity index (χ0) is 20.1. The van der Waals surface area contributed by atoms with Crippen molar-refractivity contribution >= 4 is 0 Å². The number of piperidine rings is 2. The van der Waals surface area contributed by atoms with E-state index in [0.29, 0.717) is 0 Å².